The lowest BCUT2D eigenvalue weighted by molar-refractivity contribution is -0.135. The Morgan fingerprint density at radius 2 is 2.12 bits per heavy atom. The summed E-state index contributed by atoms with van der Waals surface area (Å²) in [7, 11) is 0. The lowest BCUT2D eigenvalue weighted by Crippen LogP contribution is -2.50. The van der Waals surface area contributed by atoms with E-state index in [2.05, 4.69) is 20.6 Å². The van der Waals surface area contributed by atoms with Crippen LogP contribution in [-0.4, -0.2) is 50.4 Å². The van der Waals surface area contributed by atoms with Crippen LogP contribution in [0.2, 0.25) is 0 Å². The van der Waals surface area contributed by atoms with Gasteiger partial charge in [0.25, 0.3) is 5.56 Å². The minimum absolute atomic E-state index is 0.117. The molecule has 1 unspecified atom stereocenters. The van der Waals surface area contributed by atoms with Crippen LogP contribution in [0.3, 0.4) is 0 Å². The number of carbonyl (C=O) groups excluding carboxylic acids is 1. The predicted molar refractivity (Wildman–Crippen MR) is 95.4 cm³/mol. The zero-order valence-corrected chi connectivity index (χ0v) is 14.1. The summed E-state index contributed by atoms with van der Waals surface area (Å²) in [6, 6.07) is 10.7. The summed E-state index contributed by atoms with van der Waals surface area (Å²) in [5, 5.41) is 11.7. The van der Waals surface area contributed by atoms with E-state index < -0.39 is 0 Å². The van der Waals surface area contributed by atoms with Crippen molar-refractivity contribution in [2.45, 2.75) is 12.6 Å². The van der Waals surface area contributed by atoms with Gasteiger partial charge in [0.05, 0.1) is 11.4 Å². The number of nitrogens with zero attached hydrogens (tertiary/aromatic N) is 5. The number of hydrogen-bond donors (Lipinski definition) is 1. The maximum atomic E-state index is 12.9. The van der Waals surface area contributed by atoms with E-state index in [9.17, 15) is 9.59 Å². The molecule has 1 aliphatic heterocycles. The second-order valence-electron chi connectivity index (χ2n) is 6.16. The van der Waals surface area contributed by atoms with Gasteiger partial charge in [-0.15, -0.1) is 5.10 Å². The highest BCUT2D eigenvalue weighted by Crippen LogP contribution is 2.21. The topological polar surface area (TPSA) is 93.0 Å². The average molecular weight is 350 g/mol. The fourth-order valence-corrected chi connectivity index (χ4v) is 3.22. The molecular formula is C18H18N6O2. The lowest BCUT2D eigenvalue weighted by atomic mass is 10.1. The molecule has 2 aromatic heterocycles. The Bertz CT molecular complexity index is 988. The molecule has 0 aliphatic carbocycles. The van der Waals surface area contributed by atoms with Crippen molar-refractivity contribution < 1.29 is 4.79 Å². The Balaban J connectivity index is 1.61. The second-order valence-corrected chi connectivity index (χ2v) is 6.16. The van der Waals surface area contributed by atoms with Crippen LogP contribution < -0.4 is 10.9 Å². The summed E-state index contributed by atoms with van der Waals surface area (Å²) in [6.45, 7) is 1.79. The summed E-state index contributed by atoms with van der Waals surface area (Å²) < 4.78 is 1.13. The largest absolute Gasteiger partial charge is 0.331 e. The molecular weight excluding hydrogens is 332 g/mol. The number of pyridine rings is 1. The summed E-state index contributed by atoms with van der Waals surface area (Å²) in [6.07, 6.45) is 3.47. The molecule has 3 heterocycles. The van der Waals surface area contributed by atoms with Crippen molar-refractivity contribution in [3.8, 4) is 0 Å². The van der Waals surface area contributed by atoms with E-state index in [1.54, 1.807) is 41.6 Å². The molecule has 1 saturated heterocycles. The smallest absolute Gasteiger partial charge is 0.278 e. The second kappa shape index (κ2) is 7.01. The van der Waals surface area contributed by atoms with Gasteiger partial charge >= 0.3 is 0 Å². The van der Waals surface area contributed by atoms with E-state index in [0.717, 1.165) is 10.2 Å². The zero-order chi connectivity index (χ0) is 17.9. The number of fused-ring (bicyclic) bond motifs is 1. The predicted octanol–water partition coefficient (Wildman–Crippen LogP) is 0.360. The molecule has 1 fully saturated rings. The van der Waals surface area contributed by atoms with Gasteiger partial charge in [0.15, 0.2) is 0 Å². The molecule has 3 aromatic rings. The number of benzene rings is 1. The number of amides is 1. The summed E-state index contributed by atoms with van der Waals surface area (Å²) in [5.41, 5.74) is 1.18. The molecule has 26 heavy (non-hydrogen) atoms. The zero-order valence-electron chi connectivity index (χ0n) is 14.1. The quantitative estimate of drug-likeness (QED) is 0.733. The van der Waals surface area contributed by atoms with Crippen molar-refractivity contribution in [1.29, 1.82) is 0 Å². The summed E-state index contributed by atoms with van der Waals surface area (Å²) >= 11 is 0. The highest BCUT2D eigenvalue weighted by atomic mass is 16.2. The molecule has 0 radical (unpaired) electrons. The average Bonchev–Trinajstić information content (AvgIpc) is 2.71. The molecule has 0 spiro atoms. The molecule has 1 atom stereocenters. The first-order valence-corrected chi connectivity index (χ1v) is 8.47. The number of nitrogens with one attached hydrogen (secondary N) is 1. The van der Waals surface area contributed by atoms with Gasteiger partial charge in [-0.25, -0.2) is 4.68 Å². The van der Waals surface area contributed by atoms with Gasteiger partial charge in [-0.1, -0.05) is 23.4 Å². The van der Waals surface area contributed by atoms with Gasteiger partial charge in [-0.3, -0.25) is 14.6 Å². The molecule has 0 bridgehead atoms. The Morgan fingerprint density at radius 3 is 2.96 bits per heavy atom. The Hall–Kier alpha value is -3.13. The van der Waals surface area contributed by atoms with Gasteiger partial charge in [0.1, 0.15) is 12.1 Å². The van der Waals surface area contributed by atoms with E-state index in [-0.39, 0.29) is 24.1 Å². The highest BCUT2D eigenvalue weighted by molar-refractivity contribution is 5.78. The van der Waals surface area contributed by atoms with E-state index in [1.165, 1.54) is 0 Å². The van der Waals surface area contributed by atoms with Crippen molar-refractivity contribution in [3.63, 3.8) is 0 Å². The normalized spacial score (nSPS) is 17.4. The standard InChI is InChI=1S/C18H18N6O2/c25-17(12-24-18(26)14-5-1-2-6-15(14)21-22-24)23-9-8-20-11-16(23)13-4-3-7-19-10-13/h1-7,10,16,20H,8-9,11-12H2. The number of rotatable bonds is 3. The molecule has 8 nitrogen and oxygen atoms in total. The van der Waals surface area contributed by atoms with E-state index in [1.807, 2.05) is 12.1 Å². The number of hydrogen-bond acceptors (Lipinski definition) is 6. The molecule has 0 saturated carbocycles. The molecule has 1 aromatic carbocycles. The van der Waals surface area contributed by atoms with Crippen molar-refractivity contribution in [2.24, 2.45) is 0 Å². The minimum atomic E-state index is -0.308. The number of aromatic nitrogens is 4. The fourth-order valence-electron chi connectivity index (χ4n) is 3.22. The van der Waals surface area contributed by atoms with E-state index in [0.29, 0.717) is 30.5 Å². The van der Waals surface area contributed by atoms with Crippen molar-refractivity contribution >= 4 is 16.8 Å². The van der Waals surface area contributed by atoms with Crippen LogP contribution >= 0.6 is 0 Å². The van der Waals surface area contributed by atoms with Crippen molar-refractivity contribution in [1.82, 2.24) is 30.2 Å². The van der Waals surface area contributed by atoms with E-state index in [4.69, 9.17) is 0 Å². The van der Waals surface area contributed by atoms with Crippen LogP contribution in [0.4, 0.5) is 0 Å². The van der Waals surface area contributed by atoms with Gasteiger partial charge in [-0.2, -0.15) is 0 Å². The maximum Gasteiger partial charge on any atom is 0.278 e. The molecule has 1 N–H and O–H groups in total. The van der Waals surface area contributed by atoms with E-state index >= 15 is 0 Å². The Morgan fingerprint density at radius 1 is 1.23 bits per heavy atom. The van der Waals surface area contributed by atoms with Crippen LogP contribution in [0.1, 0.15) is 11.6 Å². The van der Waals surface area contributed by atoms with Gasteiger partial charge in [0.2, 0.25) is 5.91 Å². The number of piperazine rings is 1. The minimum Gasteiger partial charge on any atom is -0.331 e. The van der Waals surface area contributed by atoms with Gasteiger partial charge in [0, 0.05) is 32.0 Å². The Labute approximate surface area is 149 Å². The molecule has 4 rings (SSSR count). The monoisotopic (exact) mass is 350 g/mol. The van der Waals surface area contributed by atoms with Crippen molar-refractivity contribution in [2.75, 3.05) is 19.6 Å². The van der Waals surface area contributed by atoms with Crippen LogP contribution in [0.25, 0.3) is 10.9 Å². The third-order valence-electron chi connectivity index (χ3n) is 4.55. The molecule has 8 heteroatoms. The lowest BCUT2D eigenvalue weighted by Gasteiger charge is -2.36. The molecule has 132 valence electrons. The van der Waals surface area contributed by atoms with Gasteiger partial charge < -0.3 is 10.2 Å². The van der Waals surface area contributed by atoms with Crippen LogP contribution in [0.5, 0.6) is 0 Å². The highest BCUT2D eigenvalue weighted by Gasteiger charge is 2.28. The number of carbonyl (C=O) groups is 1. The van der Waals surface area contributed by atoms with Crippen LogP contribution in [-0.2, 0) is 11.3 Å². The van der Waals surface area contributed by atoms with Gasteiger partial charge in [-0.05, 0) is 23.8 Å². The third-order valence-corrected chi connectivity index (χ3v) is 4.55. The summed E-state index contributed by atoms with van der Waals surface area (Å²) in [4.78, 5) is 31.4. The van der Waals surface area contributed by atoms with Crippen LogP contribution in [0, 0.1) is 0 Å². The maximum absolute atomic E-state index is 12.9. The Kier molecular flexibility index (Phi) is 4.40. The first kappa shape index (κ1) is 16.3. The van der Waals surface area contributed by atoms with Crippen molar-refractivity contribution in [3.05, 3.63) is 64.7 Å². The molecule has 1 amide bonds. The molecule has 1 aliphatic rings. The SMILES string of the molecule is O=C(Cn1nnc2ccccc2c1=O)N1CCNCC1c1cccnc1. The summed E-state index contributed by atoms with van der Waals surface area (Å²) in [5.74, 6) is -0.160. The van der Waals surface area contributed by atoms with Crippen LogP contribution in [0.15, 0.2) is 53.6 Å². The first-order chi connectivity index (χ1) is 12.7. The third kappa shape index (κ3) is 3.06. The first-order valence-electron chi connectivity index (χ1n) is 8.47. The fraction of sp³-hybridized carbons (Fsp3) is 0.278.